The quantitative estimate of drug-likeness (QED) is 0.841. The van der Waals surface area contributed by atoms with Gasteiger partial charge in [0.05, 0.1) is 16.5 Å². The second kappa shape index (κ2) is 7.14. The van der Waals surface area contributed by atoms with Gasteiger partial charge in [-0.25, -0.2) is 0 Å². The highest BCUT2D eigenvalue weighted by Crippen LogP contribution is 2.39. The molecule has 0 saturated heterocycles. The maximum absolute atomic E-state index is 12.5. The van der Waals surface area contributed by atoms with Crippen molar-refractivity contribution in [1.29, 1.82) is 5.26 Å². The second-order valence-electron chi connectivity index (χ2n) is 6.37. The fraction of sp³-hybridized carbons (Fsp3) is 0.316. The fourth-order valence-corrected chi connectivity index (χ4v) is 5.71. The van der Waals surface area contributed by atoms with Crippen LogP contribution >= 0.6 is 23.1 Å². The molecule has 0 spiro atoms. The molecule has 2 aromatic rings. The maximum Gasteiger partial charge on any atom is 0.238 e. The summed E-state index contributed by atoms with van der Waals surface area (Å²) in [6.07, 6.45) is 4.18. The highest BCUT2D eigenvalue weighted by molar-refractivity contribution is 8.01. The monoisotopic (exact) mass is 383 g/mol. The first-order chi connectivity index (χ1) is 12.7. The number of carbonyl (C=O) groups excluding carboxylic acids is 2. The zero-order chi connectivity index (χ0) is 18.1. The Hall–Kier alpha value is -2.30. The average Bonchev–Trinajstić information content (AvgIpc) is 2.99. The largest absolute Gasteiger partial charge is 0.324 e. The summed E-state index contributed by atoms with van der Waals surface area (Å²) in [4.78, 5) is 27.0. The van der Waals surface area contributed by atoms with Crippen molar-refractivity contribution in [2.24, 2.45) is 0 Å². The van der Waals surface area contributed by atoms with Crippen LogP contribution in [0, 0.1) is 11.3 Å². The van der Waals surface area contributed by atoms with Crippen LogP contribution in [0.5, 0.6) is 0 Å². The molecule has 1 aliphatic carbocycles. The zero-order valence-electron chi connectivity index (χ0n) is 14.0. The molecule has 1 aromatic carbocycles. The van der Waals surface area contributed by atoms with E-state index in [4.69, 9.17) is 0 Å². The minimum Gasteiger partial charge on any atom is -0.324 e. The number of thioether (sulfide) groups is 1. The van der Waals surface area contributed by atoms with Gasteiger partial charge >= 0.3 is 0 Å². The number of benzene rings is 1. The van der Waals surface area contributed by atoms with Crippen LogP contribution in [0.4, 0.5) is 10.7 Å². The summed E-state index contributed by atoms with van der Waals surface area (Å²) in [7, 11) is 0. The van der Waals surface area contributed by atoms with Gasteiger partial charge in [0.15, 0.2) is 0 Å². The van der Waals surface area contributed by atoms with Crippen LogP contribution in [-0.2, 0) is 22.4 Å². The molecule has 0 saturated carbocycles. The number of nitriles is 1. The third-order valence-electron chi connectivity index (χ3n) is 4.61. The molecule has 1 aromatic heterocycles. The fourth-order valence-electron chi connectivity index (χ4n) is 3.35. The van der Waals surface area contributed by atoms with E-state index < -0.39 is 5.25 Å². The Kier molecular flexibility index (Phi) is 4.70. The third-order valence-corrected chi connectivity index (χ3v) is 7.10. The van der Waals surface area contributed by atoms with Crippen molar-refractivity contribution in [1.82, 2.24) is 0 Å². The lowest BCUT2D eigenvalue weighted by Gasteiger charge is -2.23. The van der Waals surface area contributed by atoms with Gasteiger partial charge in [-0.1, -0.05) is 12.1 Å². The molecule has 0 radical (unpaired) electrons. The van der Waals surface area contributed by atoms with Crippen LogP contribution in [0.3, 0.4) is 0 Å². The number of hydrogen-bond acceptors (Lipinski definition) is 5. The van der Waals surface area contributed by atoms with Gasteiger partial charge in [0.1, 0.15) is 11.1 Å². The summed E-state index contributed by atoms with van der Waals surface area (Å²) in [6.45, 7) is 0. The molecule has 26 heavy (non-hydrogen) atoms. The molecule has 0 bridgehead atoms. The van der Waals surface area contributed by atoms with Crippen molar-refractivity contribution < 1.29 is 9.59 Å². The van der Waals surface area contributed by atoms with Gasteiger partial charge in [0, 0.05) is 16.2 Å². The number of para-hydroxylation sites is 1. The maximum atomic E-state index is 12.5. The van der Waals surface area contributed by atoms with Gasteiger partial charge in [-0.15, -0.1) is 23.1 Å². The molecule has 0 unspecified atom stereocenters. The van der Waals surface area contributed by atoms with E-state index in [1.165, 1.54) is 28.0 Å². The minimum atomic E-state index is -0.468. The summed E-state index contributed by atoms with van der Waals surface area (Å²) in [5.41, 5.74) is 2.48. The van der Waals surface area contributed by atoms with Crippen molar-refractivity contribution in [3.8, 4) is 6.07 Å². The number of amides is 2. The lowest BCUT2D eigenvalue weighted by molar-refractivity contribution is -0.120. The number of nitrogens with zero attached hydrogens (tertiary/aromatic N) is 1. The number of anilines is 2. The lowest BCUT2D eigenvalue weighted by Crippen LogP contribution is -2.32. The summed E-state index contributed by atoms with van der Waals surface area (Å²) in [5, 5.41) is 15.4. The van der Waals surface area contributed by atoms with Crippen LogP contribution in [0.15, 0.2) is 29.2 Å². The van der Waals surface area contributed by atoms with E-state index in [2.05, 4.69) is 16.7 Å². The highest BCUT2D eigenvalue weighted by atomic mass is 32.2. The summed E-state index contributed by atoms with van der Waals surface area (Å²) >= 11 is 2.91. The Balaban J connectivity index is 1.48. The van der Waals surface area contributed by atoms with Crippen molar-refractivity contribution in [3.63, 3.8) is 0 Å². The van der Waals surface area contributed by atoms with E-state index in [0.29, 0.717) is 10.6 Å². The molecule has 5 nitrogen and oxygen atoms in total. The Morgan fingerprint density at radius 3 is 2.96 bits per heavy atom. The predicted octanol–water partition coefficient (Wildman–Crippen LogP) is 3.94. The van der Waals surface area contributed by atoms with Gasteiger partial charge in [0.25, 0.3) is 0 Å². The lowest BCUT2D eigenvalue weighted by atomic mass is 9.96. The van der Waals surface area contributed by atoms with Crippen LogP contribution in [0.1, 0.15) is 35.3 Å². The van der Waals surface area contributed by atoms with Gasteiger partial charge in [-0.2, -0.15) is 5.26 Å². The summed E-state index contributed by atoms with van der Waals surface area (Å²) in [5.74, 6) is -0.387. The number of thiophene rings is 1. The van der Waals surface area contributed by atoms with E-state index >= 15 is 0 Å². The molecular formula is C19H17N3O2S2. The first-order valence-electron chi connectivity index (χ1n) is 8.56. The third kappa shape index (κ3) is 3.22. The van der Waals surface area contributed by atoms with Crippen molar-refractivity contribution in [3.05, 3.63) is 40.3 Å². The van der Waals surface area contributed by atoms with Gasteiger partial charge in [0.2, 0.25) is 11.8 Å². The number of aryl methyl sites for hydroxylation is 1. The number of rotatable bonds is 3. The molecule has 2 N–H and O–H groups in total. The van der Waals surface area contributed by atoms with Crippen LogP contribution < -0.4 is 10.6 Å². The standard InChI is InChI=1S/C19H17N3O2S2/c20-10-12-11-5-1-3-7-14(11)26-19(12)22-17(23)9-16-18(24)21-13-6-2-4-8-15(13)25-16/h2,4,6,8,16H,1,3,5,7,9H2,(H,21,24)(H,22,23)/t16-/m0/s1. The first-order valence-corrected chi connectivity index (χ1v) is 10.3. The molecular weight excluding hydrogens is 366 g/mol. The normalized spacial score (nSPS) is 18.3. The van der Waals surface area contributed by atoms with Crippen molar-refractivity contribution in [2.45, 2.75) is 42.2 Å². The first kappa shape index (κ1) is 17.1. The molecule has 2 amide bonds. The number of nitrogens with one attached hydrogen (secondary N) is 2. The molecule has 0 fully saturated rings. The van der Waals surface area contributed by atoms with Crippen LogP contribution in [0.25, 0.3) is 0 Å². The molecule has 1 atom stereocenters. The smallest absolute Gasteiger partial charge is 0.238 e. The summed E-state index contributed by atoms with van der Waals surface area (Å²) in [6, 6.07) is 9.82. The zero-order valence-corrected chi connectivity index (χ0v) is 15.6. The number of hydrogen-bond donors (Lipinski definition) is 2. The van der Waals surface area contributed by atoms with E-state index in [9.17, 15) is 14.9 Å². The van der Waals surface area contributed by atoms with E-state index in [1.54, 1.807) is 0 Å². The molecule has 2 heterocycles. The van der Waals surface area contributed by atoms with Crippen LogP contribution in [0.2, 0.25) is 0 Å². The van der Waals surface area contributed by atoms with E-state index in [1.807, 2.05) is 24.3 Å². The predicted molar refractivity (Wildman–Crippen MR) is 104 cm³/mol. The van der Waals surface area contributed by atoms with Gasteiger partial charge in [-0.05, 0) is 43.4 Å². The summed E-state index contributed by atoms with van der Waals surface area (Å²) < 4.78 is 0. The Bertz CT molecular complexity index is 929. The van der Waals surface area contributed by atoms with Crippen LogP contribution in [-0.4, -0.2) is 17.1 Å². The molecule has 7 heteroatoms. The van der Waals surface area contributed by atoms with Gasteiger partial charge < -0.3 is 10.6 Å². The number of carbonyl (C=O) groups is 2. The molecule has 132 valence electrons. The van der Waals surface area contributed by atoms with E-state index in [0.717, 1.165) is 41.8 Å². The second-order valence-corrected chi connectivity index (χ2v) is 8.72. The Morgan fingerprint density at radius 1 is 1.31 bits per heavy atom. The highest BCUT2D eigenvalue weighted by Gasteiger charge is 2.29. The van der Waals surface area contributed by atoms with Crippen molar-refractivity contribution >= 4 is 45.6 Å². The number of fused-ring (bicyclic) bond motifs is 2. The molecule has 1 aliphatic heterocycles. The molecule has 2 aliphatic rings. The molecule has 4 rings (SSSR count). The SMILES string of the molecule is N#Cc1c(NC(=O)C[C@@H]2Sc3ccccc3NC2=O)sc2c1CCCC2. The average molecular weight is 383 g/mol. The Morgan fingerprint density at radius 2 is 2.12 bits per heavy atom. The van der Waals surface area contributed by atoms with E-state index in [-0.39, 0.29) is 18.2 Å². The van der Waals surface area contributed by atoms with Gasteiger partial charge in [-0.3, -0.25) is 9.59 Å². The topological polar surface area (TPSA) is 82.0 Å². The minimum absolute atomic E-state index is 0.0816. The Labute approximate surface area is 159 Å². The van der Waals surface area contributed by atoms with Crippen molar-refractivity contribution in [2.75, 3.05) is 10.6 Å².